The van der Waals surface area contributed by atoms with Crippen LogP contribution in [0.3, 0.4) is 0 Å². The fraction of sp³-hybridized carbons (Fsp3) is 0.182. The van der Waals surface area contributed by atoms with E-state index in [0.29, 0.717) is 36.0 Å². The molecule has 2 aromatic carbocycles. The predicted octanol–water partition coefficient (Wildman–Crippen LogP) is 3.81. The van der Waals surface area contributed by atoms with Gasteiger partial charge in [0.15, 0.2) is 5.84 Å². The third kappa shape index (κ3) is 5.66. The Labute approximate surface area is 205 Å². The van der Waals surface area contributed by atoms with E-state index < -0.39 is 15.7 Å². The fourth-order valence-corrected chi connectivity index (χ4v) is 4.73. The number of benzene rings is 2. The van der Waals surface area contributed by atoms with Crippen LogP contribution in [0.15, 0.2) is 64.2 Å². The number of aliphatic imine (C=N–C) groups is 1. The Kier molecular flexibility index (Phi) is 7.05. The van der Waals surface area contributed by atoms with Gasteiger partial charge in [-0.25, -0.2) is 8.42 Å². The van der Waals surface area contributed by atoms with Crippen molar-refractivity contribution in [1.29, 1.82) is 5.41 Å². The van der Waals surface area contributed by atoms with Crippen LogP contribution in [0, 0.1) is 5.41 Å². The monoisotopic (exact) mass is 518 g/mol. The van der Waals surface area contributed by atoms with Gasteiger partial charge in [-0.05, 0) is 59.8 Å². The Balaban J connectivity index is 1.33. The standard InChI is InChI=1S/C22H19ClN4O5S2/c1-34(29,30)22-26-27-19(24)18(20(28)25-21(27)33-22)13-14-3-7-16(8-4-14)31-11-2-12-32-17-9-5-15(23)6-10-17/h3-10,13,24H,2,11-12H2,1H3/b18-13+,24-19?. The van der Waals surface area contributed by atoms with E-state index in [2.05, 4.69) is 10.1 Å². The molecule has 176 valence electrons. The van der Waals surface area contributed by atoms with Gasteiger partial charge < -0.3 is 9.47 Å². The van der Waals surface area contributed by atoms with Gasteiger partial charge in [0.25, 0.3) is 5.91 Å². The van der Waals surface area contributed by atoms with Gasteiger partial charge in [-0.15, -0.1) is 5.10 Å². The highest BCUT2D eigenvalue weighted by Crippen LogP contribution is 2.30. The molecular weight excluding hydrogens is 500 g/mol. The molecule has 0 aliphatic carbocycles. The average molecular weight is 519 g/mol. The molecule has 2 aliphatic heterocycles. The van der Waals surface area contributed by atoms with Crippen molar-refractivity contribution in [3.63, 3.8) is 0 Å². The molecule has 4 rings (SSSR count). The molecular formula is C22H19ClN4O5S2. The number of amides is 1. The zero-order valence-corrected chi connectivity index (χ0v) is 20.3. The first kappa shape index (κ1) is 24.0. The molecule has 0 unspecified atom stereocenters. The van der Waals surface area contributed by atoms with Crippen LogP contribution in [-0.4, -0.2) is 54.2 Å². The summed E-state index contributed by atoms with van der Waals surface area (Å²) in [6.07, 6.45) is 3.20. The van der Waals surface area contributed by atoms with Crippen LogP contribution in [0.25, 0.3) is 6.08 Å². The summed E-state index contributed by atoms with van der Waals surface area (Å²) in [5.41, 5.74) is 0.667. The summed E-state index contributed by atoms with van der Waals surface area (Å²) in [7, 11) is -3.57. The smallest absolute Gasteiger partial charge is 0.283 e. The molecule has 0 saturated heterocycles. The van der Waals surface area contributed by atoms with Crippen molar-refractivity contribution in [3.05, 3.63) is 64.7 Å². The molecule has 0 radical (unpaired) electrons. The number of sulfone groups is 1. The van der Waals surface area contributed by atoms with E-state index in [1.807, 2.05) is 0 Å². The van der Waals surface area contributed by atoms with Gasteiger partial charge in [0, 0.05) is 17.7 Å². The summed E-state index contributed by atoms with van der Waals surface area (Å²) in [5.74, 6) is 0.529. The molecule has 0 saturated carbocycles. The number of thioether (sulfide) groups is 1. The number of fused-ring (bicyclic) bond motifs is 1. The normalized spacial score (nSPS) is 16.9. The summed E-state index contributed by atoms with van der Waals surface area (Å²) < 4.78 is 34.6. The number of ether oxygens (including phenoxy) is 2. The molecule has 1 N–H and O–H groups in total. The number of carbonyl (C=O) groups is 1. The molecule has 0 bridgehead atoms. The topological polar surface area (TPSA) is 121 Å². The first-order chi connectivity index (χ1) is 16.2. The van der Waals surface area contributed by atoms with Crippen LogP contribution in [0.1, 0.15) is 12.0 Å². The van der Waals surface area contributed by atoms with Crippen molar-refractivity contribution in [2.45, 2.75) is 6.42 Å². The van der Waals surface area contributed by atoms with Gasteiger partial charge in [-0.3, -0.25) is 10.2 Å². The van der Waals surface area contributed by atoms with E-state index >= 15 is 0 Å². The molecule has 9 nitrogen and oxygen atoms in total. The van der Waals surface area contributed by atoms with E-state index in [1.54, 1.807) is 48.5 Å². The number of nitrogens with zero attached hydrogens (tertiary/aromatic N) is 3. The van der Waals surface area contributed by atoms with Gasteiger partial charge in [-0.1, -0.05) is 23.7 Å². The zero-order chi connectivity index (χ0) is 24.3. The van der Waals surface area contributed by atoms with Gasteiger partial charge >= 0.3 is 0 Å². The van der Waals surface area contributed by atoms with Crippen LogP contribution in [0.2, 0.25) is 5.02 Å². The Bertz CT molecular complexity index is 1320. The minimum Gasteiger partial charge on any atom is -0.493 e. The number of hydrogen-bond donors (Lipinski definition) is 1. The van der Waals surface area contributed by atoms with Crippen LogP contribution in [-0.2, 0) is 14.6 Å². The highest BCUT2D eigenvalue weighted by Gasteiger charge is 2.38. The lowest BCUT2D eigenvalue weighted by Crippen LogP contribution is -2.35. The summed E-state index contributed by atoms with van der Waals surface area (Å²) in [5, 5.41) is 14.0. The third-order valence-corrected chi connectivity index (χ3v) is 7.41. The molecule has 0 atom stereocenters. The Morgan fingerprint density at radius 2 is 1.65 bits per heavy atom. The third-order valence-electron chi connectivity index (χ3n) is 4.58. The maximum absolute atomic E-state index is 12.4. The fourth-order valence-electron chi connectivity index (χ4n) is 2.92. The number of carbonyl (C=O) groups excluding carboxylic acids is 1. The second kappa shape index (κ2) is 10.00. The molecule has 12 heteroatoms. The molecule has 2 aliphatic rings. The maximum atomic E-state index is 12.4. The van der Waals surface area contributed by atoms with Crippen molar-refractivity contribution < 1.29 is 22.7 Å². The molecule has 1 amide bonds. The predicted molar refractivity (Wildman–Crippen MR) is 133 cm³/mol. The lowest BCUT2D eigenvalue weighted by Gasteiger charge is -2.20. The average Bonchev–Trinajstić information content (AvgIpc) is 3.23. The van der Waals surface area contributed by atoms with E-state index in [-0.39, 0.29) is 21.0 Å². The van der Waals surface area contributed by atoms with Gasteiger partial charge in [0.1, 0.15) is 11.5 Å². The molecule has 34 heavy (non-hydrogen) atoms. The van der Waals surface area contributed by atoms with Crippen molar-refractivity contribution in [2.75, 3.05) is 19.5 Å². The van der Waals surface area contributed by atoms with Crippen LogP contribution in [0.5, 0.6) is 11.5 Å². The minimum atomic E-state index is -3.57. The summed E-state index contributed by atoms with van der Waals surface area (Å²) in [4.78, 5) is 16.3. The number of rotatable bonds is 7. The molecule has 0 fully saturated rings. The SMILES string of the molecule is CS(=O)(=O)C1=NN2C(=N)/C(=C\c3ccc(OCCCOc4ccc(Cl)cc4)cc3)C(=O)N=C2S1. The maximum Gasteiger partial charge on any atom is 0.283 e. The lowest BCUT2D eigenvalue weighted by atomic mass is 10.1. The van der Waals surface area contributed by atoms with Crippen LogP contribution in [0.4, 0.5) is 0 Å². The van der Waals surface area contributed by atoms with Crippen molar-refractivity contribution in [3.8, 4) is 11.5 Å². The Morgan fingerprint density at radius 1 is 1.06 bits per heavy atom. The quantitative estimate of drug-likeness (QED) is 0.437. The Morgan fingerprint density at radius 3 is 2.24 bits per heavy atom. The lowest BCUT2D eigenvalue weighted by molar-refractivity contribution is -0.114. The van der Waals surface area contributed by atoms with E-state index in [1.165, 1.54) is 6.08 Å². The second-order valence-electron chi connectivity index (χ2n) is 7.23. The highest BCUT2D eigenvalue weighted by atomic mass is 35.5. The summed E-state index contributed by atoms with van der Waals surface area (Å²) >= 11 is 6.59. The van der Waals surface area contributed by atoms with E-state index in [0.717, 1.165) is 28.8 Å². The number of nitrogens with one attached hydrogen (secondary N) is 1. The van der Waals surface area contributed by atoms with Crippen LogP contribution < -0.4 is 9.47 Å². The second-order valence-corrected chi connectivity index (χ2v) is 10.8. The van der Waals surface area contributed by atoms with Crippen molar-refractivity contribution in [1.82, 2.24) is 5.01 Å². The Hall–Kier alpha value is -3.15. The van der Waals surface area contributed by atoms with E-state index in [9.17, 15) is 13.2 Å². The van der Waals surface area contributed by atoms with Gasteiger partial charge in [0.05, 0.1) is 18.8 Å². The van der Waals surface area contributed by atoms with Crippen molar-refractivity contribution >= 4 is 60.6 Å². The largest absolute Gasteiger partial charge is 0.493 e. The highest BCUT2D eigenvalue weighted by molar-refractivity contribution is 8.42. The van der Waals surface area contributed by atoms with Gasteiger partial charge in [-0.2, -0.15) is 10.0 Å². The molecule has 0 spiro atoms. The number of halogens is 1. The van der Waals surface area contributed by atoms with Crippen molar-refractivity contribution in [2.24, 2.45) is 10.1 Å². The molecule has 2 heterocycles. The van der Waals surface area contributed by atoms with E-state index in [4.69, 9.17) is 26.5 Å². The van der Waals surface area contributed by atoms with Crippen LogP contribution >= 0.6 is 23.4 Å². The van der Waals surface area contributed by atoms with Gasteiger partial charge in [0.2, 0.25) is 19.4 Å². The number of amidine groups is 2. The first-order valence-electron chi connectivity index (χ1n) is 10.0. The minimum absolute atomic E-state index is 0.0101. The number of hydrogen-bond acceptors (Lipinski definition) is 8. The first-order valence-corrected chi connectivity index (χ1v) is 13.1. The summed E-state index contributed by atoms with van der Waals surface area (Å²) in [6, 6.07) is 14.1. The summed E-state index contributed by atoms with van der Waals surface area (Å²) in [6.45, 7) is 0.957. The number of hydrazone groups is 1. The zero-order valence-electron chi connectivity index (χ0n) is 17.9. The molecule has 2 aromatic rings. The molecule has 0 aromatic heterocycles.